The molecule has 0 aliphatic rings. The normalized spacial score (nSPS) is 12.5. The molecule has 0 unspecified atom stereocenters. The maximum absolute atomic E-state index is 3.23. The van der Waals surface area contributed by atoms with Crippen molar-refractivity contribution in [3.05, 3.63) is 36.1 Å². The standard InChI is InChI=1S/C10H15Si/c1-2-3-4-5-6-7-8-9-10-11/h5-10H,2-4H2,1H3. The SMILES string of the molecule is CCCCC=CC=CC=C[Si]. The minimum absolute atomic E-state index is 1.19. The van der Waals surface area contributed by atoms with Crippen LogP contribution >= 0.6 is 0 Å². The lowest BCUT2D eigenvalue weighted by atomic mass is 10.2. The molecule has 0 bridgehead atoms. The molecule has 0 heterocycles. The van der Waals surface area contributed by atoms with Gasteiger partial charge in [-0.25, -0.2) is 0 Å². The molecule has 0 aromatic rings. The molecular formula is C10H15Si. The minimum Gasteiger partial charge on any atom is -0.102 e. The van der Waals surface area contributed by atoms with Crippen molar-refractivity contribution in [1.82, 2.24) is 0 Å². The lowest BCUT2D eigenvalue weighted by Crippen LogP contribution is -1.64. The lowest BCUT2D eigenvalue weighted by Gasteiger charge is -1.84. The van der Waals surface area contributed by atoms with Gasteiger partial charge in [0.2, 0.25) is 0 Å². The summed E-state index contributed by atoms with van der Waals surface area (Å²) in [5, 5.41) is 0. The largest absolute Gasteiger partial charge is 0.102 e. The summed E-state index contributed by atoms with van der Waals surface area (Å²) in [5.41, 5.74) is 1.83. The highest BCUT2D eigenvalue weighted by Crippen LogP contribution is 1.94. The summed E-state index contributed by atoms with van der Waals surface area (Å²) in [4.78, 5) is 0. The summed E-state index contributed by atoms with van der Waals surface area (Å²) in [6.07, 6.45) is 14.0. The van der Waals surface area contributed by atoms with E-state index in [0.717, 1.165) is 0 Å². The minimum atomic E-state index is 1.19. The van der Waals surface area contributed by atoms with Crippen LogP contribution in [0.3, 0.4) is 0 Å². The van der Waals surface area contributed by atoms with Gasteiger partial charge in [-0.15, -0.1) is 5.70 Å². The first-order valence-corrected chi connectivity index (χ1v) is 4.65. The molecule has 59 valence electrons. The zero-order valence-electron chi connectivity index (χ0n) is 7.09. The van der Waals surface area contributed by atoms with Gasteiger partial charge < -0.3 is 0 Å². The number of unbranched alkanes of at least 4 members (excludes halogenated alkanes) is 2. The zero-order valence-corrected chi connectivity index (χ0v) is 8.09. The van der Waals surface area contributed by atoms with Crippen LogP contribution in [0, 0.1) is 0 Å². The first-order valence-electron chi connectivity index (χ1n) is 4.07. The Morgan fingerprint density at radius 1 is 1.09 bits per heavy atom. The first kappa shape index (κ1) is 10.4. The number of allylic oxidation sites excluding steroid dienone is 5. The van der Waals surface area contributed by atoms with E-state index in [9.17, 15) is 0 Å². The highest BCUT2D eigenvalue weighted by atomic mass is 28.1. The topological polar surface area (TPSA) is 0 Å². The fourth-order valence-electron chi connectivity index (χ4n) is 0.681. The molecule has 0 aliphatic carbocycles. The van der Waals surface area contributed by atoms with Crippen molar-refractivity contribution < 1.29 is 0 Å². The van der Waals surface area contributed by atoms with Crippen LogP contribution in [0.15, 0.2) is 36.1 Å². The third kappa shape index (κ3) is 9.44. The Bertz CT molecular complexity index is 143. The Morgan fingerprint density at radius 2 is 1.82 bits per heavy atom. The van der Waals surface area contributed by atoms with Gasteiger partial charge in [-0.3, -0.25) is 0 Å². The van der Waals surface area contributed by atoms with Crippen LogP contribution in [0.1, 0.15) is 26.2 Å². The molecule has 0 rings (SSSR count). The highest BCUT2D eigenvalue weighted by molar-refractivity contribution is 6.17. The second-order valence-electron chi connectivity index (χ2n) is 2.31. The summed E-state index contributed by atoms with van der Waals surface area (Å²) in [6.45, 7) is 2.21. The zero-order chi connectivity index (χ0) is 8.36. The van der Waals surface area contributed by atoms with Gasteiger partial charge >= 0.3 is 0 Å². The summed E-state index contributed by atoms with van der Waals surface area (Å²) >= 11 is 0. The molecule has 0 nitrogen and oxygen atoms in total. The third-order valence-corrected chi connectivity index (χ3v) is 1.48. The molecule has 0 N–H and O–H groups in total. The van der Waals surface area contributed by atoms with E-state index in [1.165, 1.54) is 19.3 Å². The molecule has 0 saturated carbocycles. The van der Waals surface area contributed by atoms with E-state index in [0.29, 0.717) is 0 Å². The second-order valence-corrected chi connectivity index (χ2v) is 2.65. The number of hydrogen-bond donors (Lipinski definition) is 0. The Kier molecular flexibility index (Phi) is 8.95. The predicted octanol–water partition coefficient (Wildman–Crippen LogP) is 2.97. The Hall–Kier alpha value is -0.563. The van der Waals surface area contributed by atoms with Crippen LogP contribution < -0.4 is 0 Å². The van der Waals surface area contributed by atoms with Gasteiger partial charge in [-0.2, -0.15) is 0 Å². The molecule has 0 aromatic carbocycles. The van der Waals surface area contributed by atoms with Crippen LogP contribution in [0.4, 0.5) is 0 Å². The molecule has 0 spiro atoms. The van der Waals surface area contributed by atoms with Crippen LogP contribution in [-0.2, 0) is 0 Å². The number of hydrogen-bond acceptors (Lipinski definition) is 0. The van der Waals surface area contributed by atoms with Crippen molar-refractivity contribution in [3.8, 4) is 0 Å². The van der Waals surface area contributed by atoms with Crippen molar-refractivity contribution in [1.29, 1.82) is 0 Å². The van der Waals surface area contributed by atoms with Crippen LogP contribution in [0.2, 0.25) is 0 Å². The fourth-order valence-corrected chi connectivity index (χ4v) is 0.792. The second kappa shape index (κ2) is 9.44. The van der Waals surface area contributed by atoms with Crippen molar-refractivity contribution >= 4 is 10.2 Å². The number of rotatable bonds is 5. The maximum atomic E-state index is 3.23. The molecule has 0 fully saturated rings. The molecule has 3 radical (unpaired) electrons. The van der Waals surface area contributed by atoms with Gasteiger partial charge in [0, 0.05) is 0 Å². The average molecular weight is 163 g/mol. The quantitative estimate of drug-likeness (QED) is 0.332. The summed E-state index contributed by atoms with van der Waals surface area (Å²) in [5.74, 6) is 0. The monoisotopic (exact) mass is 163 g/mol. The van der Waals surface area contributed by atoms with Gasteiger partial charge in [0.05, 0.1) is 10.2 Å². The third-order valence-electron chi connectivity index (χ3n) is 1.29. The van der Waals surface area contributed by atoms with Crippen molar-refractivity contribution in [2.75, 3.05) is 0 Å². The van der Waals surface area contributed by atoms with E-state index in [-0.39, 0.29) is 0 Å². The van der Waals surface area contributed by atoms with E-state index in [4.69, 9.17) is 0 Å². The summed E-state index contributed by atoms with van der Waals surface area (Å²) < 4.78 is 0. The Labute approximate surface area is 73.1 Å². The van der Waals surface area contributed by atoms with Gasteiger partial charge in [0.15, 0.2) is 0 Å². The predicted molar refractivity (Wildman–Crippen MR) is 52.7 cm³/mol. The molecule has 0 amide bonds. The highest BCUT2D eigenvalue weighted by Gasteiger charge is 1.74. The lowest BCUT2D eigenvalue weighted by molar-refractivity contribution is 0.815. The van der Waals surface area contributed by atoms with Crippen molar-refractivity contribution in [2.45, 2.75) is 26.2 Å². The van der Waals surface area contributed by atoms with Crippen LogP contribution in [0.25, 0.3) is 0 Å². The molecule has 0 aromatic heterocycles. The summed E-state index contributed by atoms with van der Waals surface area (Å²) in [7, 11) is 3.23. The average Bonchev–Trinajstić information content (AvgIpc) is 2.03. The Morgan fingerprint density at radius 3 is 2.45 bits per heavy atom. The van der Waals surface area contributed by atoms with E-state index in [1.807, 2.05) is 23.9 Å². The molecule has 0 aliphatic heterocycles. The van der Waals surface area contributed by atoms with E-state index >= 15 is 0 Å². The van der Waals surface area contributed by atoms with E-state index in [1.54, 1.807) is 0 Å². The Balaban J connectivity index is 3.28. The maximum Gasteiger partial charge on any atom is 0.0600 e. The van der Waals surface area contributed by atoms with Crippen molar-refractivity contribution in [2.24, 2.45) is 0 Å². The molecular weight excluding hydrogens is 148 g/mol. The van der Waals surface area contributed by atoms with Crippen molar-refractivity contribution in [3.63, 3.8) is 0 Å². The fraction of sp³-hybridized carbons (Fsp3) is 0.400. The molecule has 11 heavy (non-hydrogen) atoms. The van der Waals surface area contributed by atoms with Gasteiger partial charge in [0.25, 0.3) is 0 Å². The first-order chi connectivity index (χ1) is 5.41. The molecule has 1 heteroatoms. The van der Waals surface area contributed by atoms with Gasteiger partial charge in [-0.05, 0) is 6.42 Å². The smallest absolute Gasteiger partial charge is 0.0600 e. The van der Waals surface area contributed by atoms with Gasteiger partial charge in [-0.1, -0.05) is 50.1 Å². The molecule has 0 atom stereocenters. The van der Waals surface area contributed by atoms with E-state index < -0.39 is 0 Å². The van der Waals surface area contributed by atoms with Crippen LogP contribution in [0.5, 0.6) is 0 Å². The molecule has 0 saturated heterocycles. The van der Waals surface area contributed by atoms with Crippen LogP contribution in [-0.4, -0.2) is 10.2 Å². The van der Waals surface area contributed by atoms with Gasteiger partial charge in [0.1, 0.15) is 0 Å². The van der Waals surface area contributed by atoms with E-state index in [2.05, 4.69) is 29.3 Å². The summed E-state index contributed by atoms with van der Waals surface area (Å²) in [6, 6.07) is 0.